The van der Waals surface area contributed by atoms with Gasteiger partial charge in [0.1, 0.15) is 5.58 Å². The first-order valence-electron chi connectivity index (χ1n) is 9.00. The van der Waals surface area contributed by atoms with Gasteiger partial charge in [-0.2, -0.15) is 0 Å². The van der Waals surface area contributed by atoms with Crippen LogP contribution in [0.2, 0.25) is 0 Å². The normalized spacial score (nSPS) is 16.4. The van der Waals surface area contributed by atoms with Crippen molar-refractivity contribution in [3.63, 3.8) is 0 Å². The molecule has 0 fully saturated rings. The minimum Gasteiger partial charge on any atom is -0.481 e. The third kappa shape index (κ3) is 2.99. The molecule has 0 spiro atoms. The molecule has 138 valence electrons. The van der Waals surface area contributed by atoms with Crippen molar-refractivity contribution in [1.29, 1.82) is 0 Å². The van der Waals surface area contributed by atoms with E-state index in [1.807, 2.05) is 50.2 Å². The summed E-state index contributed by atoms with van der Waals surface area (Å²) in [5.74, 6) is -1.68. The minimum absolute atomic E-state index is 0.0864. The van der Waals surface area contributed by atoms with Crippen LogP contribution in [-0.4, -0.2) is 28.4 Å². The number of amides is 1. The van der Waals surface area contributed by atoms with E-state index >= 15 is 0 Å². The van der Waals surface area contributed by atoms with Crippen LogP contribution in [0.25, 0.3) is 11.0 Å². The van der Waals surface area contributed by atoms with Gasteiger partial charge in [0, 0.05) is 24.0 Å². The number of carboxylic acids is 1. The van der Waals surface area contributed by atoms with E-state index in [9.17, 15) is 14.7 Å². The fourth-order valence-electron chi connectivity index (χ4n) is 3.81. The van der Waals surface area contributed by atoms with Crippen LogP contribution >= 0.6 is 0 Å². The van der Waals surface area contributed by atoms with Gasteiger partial charge in [-0.15, -0.1) is 0 Å². The predicted octanol–water partition coefficient (Wildman–Crippen LogP) is 3.80. The number of carboxylic acid groups (broad SMARTS) is 1. The van der Waals surface area contributed by atoms with Gasteiger partial charge in [0.25, 0.3) is 0 Å². The maximum absolute atomic E-state index is 12.9. The summed E-state index contributed by atoms with van der Waals surface area (Å²) in [6.07, 6.45) is 1.84. The van der Waals surface area contributed by atoms with Gasteiger partial charge >= 0.3 is 5.97 Å². The fourth-order valence-corrected chi connectivity index (χ4v) is 3.81. The SMILES string of the molecule is Cc1ccc2c(CC(=O)N3Cc4ccccc4C(C(=O)O)C3)coc2c1C. The van der Waals surface area contributed by atoms with Crippen LogP contribution < -0.4 is 0 Å². The van der Waals surface area contributed by atoms with Gasteiger partial charge in [0.2, 0.25) is 5.91 Å². The highest BCUT2D eigenvalue weighted by Gasteiger charge is 2.32. The largest absolute Gasteiger partial charge is 0.481 e. The van der Waals surface area contributed by atoms with E-state index in [2.05, 4.69) is 0 Å². The van der Waals surface area contributed by atoms with Gasteiger partial charge in [-0.3, -0.25) is 9.59 Å². The van der Waals surface area contributed by atoms with Crippen LogP contribution in [-0.2, 0) is 22.6 Å². The van der Waals surface area contributed by atoms with Crippen LogP contribution in [0.3, 0.4) is 0 Å². The summed E-state index contributed by atoms with van der Waals surface area (Å²) in [5.41, 5.74) is 5.56. The maximum atomic E-state index is 12.9. The Labute approximate surface area is 157 Å². The van der Waals surface area contributed by atoms with Crippen molar-refractivity contribution in [1.82, 2.24) is 4.90 Å². The Balaban J connectivity index is 1.61. The summed E-state index contributed by atoms with van der Waals surface area (Å²) in [4.78, 5) is 26.3. The number of furan rings is 1. The lowest BCUT2D eigenvalue weighted by molar-refractivity contribution is -0.141. The number of carbonyl (C=O) groups is 2. The molecule has 5 heteroatoms. The lowest BCUT2D eigenvalue weighted by Crippen LogP contribution is -2.41. The predicted molar refractivity (Wildman–Crippen MR) is 102 cm³/mol. The average molecular weight is 363 g/mol. The number of hydrogen-bond donors (Lipinski definition) is 1. The Morgan fingerprint density at radius 2 is 1.96 bits per heavy atom. The van der Waals surface area contributed by atoms with E-state index < -0.39 is 11.9 Å². The molecule has 5 nitrogen and oxygen atoms in total. The van der Waals surface area contributed by atoms with Crippen molar-refractivity contribution in [3.05, 3.63) is 70.5 Å². The third-order valence-electron chi connectivity index (χ3n) is 5.53. The number of fused-ring (bicyclic) bond motifs is 2. The summed E-state index contributed by atoms with van der Waals surface area (Å²) < 4.78 is 5.70. The Morgan fingerprint density at radius 1 is 1.19 bits per heavy atom. The molecule has 0 bridgehead atoms. The summed E-state index contributed by atoms with van der Waals surface area (Å²) in [6, 6.07) is 11.5. The van der Waals surface area contributed by atoms with Crippen molar-refractivity contribution >= 4 is 22.8 Å². The van der Waals surface area contributed by atoms with Crippen molar-refractivity contribution in [2.24, 2.45) is 0 Å². The first-order chi connectivity index (χ1) is 13.0. The molecule has 1 unspecified atom stereocenters. The first-order valence-corrected chi connectivity index (χ1v) is 9.00. The molecular formula is C22H21NO4. The molecule has 1 aliphatic heterocycles. The lowest BCUT2D eigenvalue weighted by Gasteiger charge is -2.32. The van der Waals surface area contributed by atoms with Crippen molar-refractivity contribution in [2.45, 2.75) is 32.7 Å². The van der Waals surface area contributed by atoms with Gasteiger partial charge < -0.3 is 14.4 Å². The Morgan fingerprint density at radius 3 is 2.74 bits per heavy atom. The zero-order valence-electron chi connectivity index (χ0n) is 15.4. The van der Waals surface area contributed by atoms with E-state index in [0.717, 1.165) is 38.8 Å². The standard InChI is InChI=1S/C22H21NO4/c1-13-7-8-18-16(12-27-21(18)14(13)2)9-20(24)23-10-15-5-3-4-6-17(15)19(11-23)22(25)26/h3-8,12,19H,9-11H2,1-2H3,(H,25,26). The van der Waals surface area contributed by atoms with Gasteiger partial charge in [0.05, 0.1) is 18.6 Å². The molecule has 1 atom stereocenters. The van der Waals surface area contributed by atoms with E-state index in [1.165, 1.54) is 0 Å². The third-order valence-corrected chi connectivity index (χ3v) is 5.53. The lowest BCUT2D eigenvalue weighted by atomic mass is 9.89. The highest BCUT2D eigenvalue weighted by molar-refractivity contribution is 5.90. The second kappa shape index (κ2) is 6.58. The molecule has 0 radical (unpaired) electrons. The van der Waals surface area contributed by atoms with Gasteiger partial charge in [0.15, 0.2) is 0 Å². The van der Waals surface area contributed by atoms with Gasteiger partial charge in [-0.05, 0) is 36.1 Å². The molecular weight excluding hydrogens is 342 g/mol. The van der Waals surface area contributed by atoms with Crippen LogP contribution in [0, 0.1) is 13.8 Å². The van der Waals surface area contributed by atoms with Crippen LogP contribution in [0.5, 0.6) is 0 Å². The topological polar surface area (TPSA) is 70.8 Å². The van der Waals surface area contributed by atoms with Crippen molar-refractivity contribution in [2.75, 3.05) is 6.54 Å². The van der Waals surface area contributed by atoms with Crippen LogP contribution in [0.4, 0.5) is 0 Å². The Hall–Kier alpha value is -3.08. The number of nitrogens with zero attached hydrogens (tertiary/aromatic N) is 1. The van der Waals surface area contributed by atoms with Crippen LogP contribution in [0.1, 0.15) is 33.7 Å². The molecule has 0 saturated heterocycles. The smallest absolute Gasteiger partial charge is 0.312 e. The number of carbonyl (C=O) groups excluding carboxylic acids is 1. The van der Waals surface area contributed by atoms with E-state index in [1.54, 1.807) is 11.2 Å². The molecule has 1 aliphatic rings. The summed E-state index contributed by atoms with van der Waals surface area (Å²) >= 11 is 0. The second-order valence-electron chi connectivity index (χ2n) is 7.19. The quantitative estimate of drug-likeness (QED) is 0.768. The zero-order chi connectivity index (χ0) is 19.1. The molecule has 3 aromatic rings. The molecule has 1 amide bonds. The summed E-state index contributed by atoms with van der Waals surface area (Å²) in [6.45, 7) is 4.66. The number of hydrogen-bond acceptors (Lipinski definition) is 3. The summed E-state index contributed by atoms with van der Waals surface area (Å²) in [5, 5.41) is 10.5. The molecule has 27 heavy (non-hydrogen) atoms. The number of benzene rings is 2. The van der Waals surface area contributed by atoms with Gasteiger partial charge in [-0.25, -0.2) is 0 Å². The van der Waals surface area contributed by atoms with Gasteiger partial charge in [-0.1, -0.05) is 36.4 Å². The molecule has 2 aromatic carbocycles. The molecule has 4 rings (SSSR count). The zero-order valence-corrected chi connectivity index (χ0v) is 15.4. The number of aliphatic carboxylic acids is 1. The van der Waals surface area contributed by atoms with Crippen LogP contribution in [0.15, 0.2) is 47.1 Å². The number of rotatable bonds is 3. The fraction of sp³-hybridized carbons (Fsp3) is 0.273. The monoisotopic (exact) mass is 363 g/mol. The van der Waals surface area contributed by atoms with Crippen molar-refractivity contribution < 1.29 is 19.1 Å². The second-order valence-corrected chi connectivity index (χ2v) is 7.19. The minimum atomic E-state index is -0.903. The molecule has 1 N–H and O–H groups in total. The Kier molecular flexibility index (Phi) is 4.22. The van der Waals surface area contributed by atoms with E-state index in [0.29, 0.717) is 6.54 Å². The Bertz CT molecular complexity index is 1050. The average Bonchev–Trinajstić information content (AvgIpc) is 3.07. The first kappa shape index (κ1) is 17.3. The summed E-state index contributed by atoms with van der Waals surface area (Å²) in [7, 11) is 0. The molecule has 0 aliphatic carbocycles. The maximum Gasteiger partial charge on any atom is 0.312 e. The highest BCUT2D eigenvalue weighted by Crippen LogP contribution is 2.30. The molecule has 0 saturated carbocycles. The number of aryl methyl sites for hydroxylation is 2. The van der Waals surface area contributed by atoms with E-state index in [-0.39, 0.29) is 18.9 Å². The molecule has 1 aromatic heterocycles. The molecule has 2 heterocycles. The highest BCUT2D eigenvalue weighted by atomic mass is 16.4. The van der Waals surface area contributed by atoms with Crippen molar-refractivity contribution in [3.8, 4) is 0 Å². The van der Waals surface area contributed by atoms with E-state index in [4.69, 9.17) is 4.42 Å².